The van der Waals surface area contributed by atoms with Gasteiger partial charge >= 0.3 is 0 Å². The first-order chi connectivity index (χ1) is 6.40. The van der Waals surface area contributed by atoms with Crippen molar-refractivity contribution in [2.24, 2.45) is 0 Å². The fourth-order valence-electron chi connectivity index (χ4n) is 1.25. The molecule has 1 unspecified atom stereocenters. The number of ether oxygens (including phenoxy) is 1. The van der Waals surface area contributed by atoms with Crippen molar-refractivity contribution in [3.8, 4) is 5.75 Å². The molecule has 13 heavy (non-hydrogen) atoms. The second-order valence-corrected chi connectivity index (χ2v) is 2.72. The third-order valence-corrected chi connectivity index (χ3v) is 1.86. The van der Waals surface area contributed by atoms with E-state index in [9.17, 15) is 4.79 Å². The van der Waals surface area contributed by atoms with Crippen LogP contribution in [0.2, 0.25) is 0 Å². The molecule has 0 spiro atoms. The van der Waals surface area contributed by atoms with Gasteiger partial charge in [-0.1, -0.05) is 18.2 Å². The Kier molecular flexibility index (Phi) is 2.00. The molecule has 0 aromatic heterocycles. The molecule has 1 atom stereocenters. The van der Waals surface area contributed by atoms with E-state index in [1.54, 1.807) is 6.08 Å². The van der Waals surface area contributed by atoms with Crippen molar-refractivity contribution in [2.75, 3.05) is 0 Å². The van der Waals surface area contributed by atoms with Crippen LogP contribution in [0, 0.1) is 0 Å². The summed E-state index contributed by atoms with van der Waals surface area (Å²) in [4.78, 5) is 10.2. The molecule has 1 aromatic rings. The van der Waals surface area contributed by atoms with E-state index < -0.39 is 0 Å². The van der Waals surface area contributed by atoms with Gasteiger partial charge in [0.05, 0.1) is 0 Å². The number of rotatable bonds is 2. The molecule has 0 saturated heterocycles. The number of nitrogens with one attached hydrogen (secondary N) is 1. The van der Waals surface area contributed by atoms with Gasteiger partial charge in [-0.05, 0) is 18.2 Å². The molecule has 3 nitrogen and oxygen atoms in total. The maximum Gasteiger partial charge on any atom is 0.210 e. The normalized spacial score (nSPS) is 18.6. The van der Waals surface area contributed by atoms with Crippen LogP contribution < -0.4 is 10.1 Å². The molecule has 66 valence electrons. The molecule has 1 aromatic carbocycles. The largest absolute Gasteiger partial charge is 0.466 e. The van der Waals surface area contributed by atoms with Crippen LogP contribution in [0.1, 0.15) is 5.56 Å². The van der Waals surface area contributed by atoms with E-state index in [-0.39, 0.29) is 6.23 Å². The topological polar surface area (TPSA) is 38.3 Å². The Morgan fingerprint density at radius 2 is 2.23 bits per heavy atom. The summed E-state index contributed by atoms with van der Waals surface area (Å²) in [6.07, 6.45) is 4.02. The number of benzene rings is 1. The third-order valence-electron chi connectivity index (χ3n) is 1.86. The minimum Gasteiger partial charge on any atom is -0.466 e. The van der Waals surface area contributed by atoms with Crippen molar-refractivity contribution in [3.63, 3.8) is 0 Å². The van der Waals surface area contributed by atoms with Gasteiger partial charge in [-0.25, -0.2) is 0 Å². The zero-order valence-corrected chi connectivity index (χ0v) is 6.94. The van der Waals surface area contributed by atoms with Gasteiger partial charge in [0.15, 0.2) is 6.23 Å². The van der Waals surface area contributed by atoms with Crippen LogP contribution in [0.5, 0.6) is 5.75 Å². The van der Waals surface area contributed by atoms with Crippen LogP contribution in [0.3, 0.4) is 0 Å². The van der Waals surface area contributed by atoms with E-state index in [1.165, 1.54) is 0 Å². The van der Waals surface area contributed by atoms with E-state index in [0.29, 0.717) is 6.41 Å². The molecule has 1 aliphatic heterocycles. The Bertz CT molecular complexity index is 347. The van der Waals surface area contributed by atoms with Crippen LogP contribution in [0.4, 0.5) is 0 Å². The van der Waals surface area contributed by atoms with Gasteiger partial charge in [0.1, 0.15) is 5.75 Å². The van der Waals surface area contributed by atoms with Gasteiger partial charge < -0.3 is 10.1 Å². The maximum atomic E-state index is 10.2. The first-order valence-electron chi connectivity index (χ1n) is 4.04. The second-order valence-electron chi connectivity index (χ2n) is 2.72. The first-order valence-corrected chi connectivity index (χ1v) is 4.04. The Morgan fingerprint density at radius 1 is 1.38 bits per heavy atom. The second kappa shape index (κ2) is 3.31. The lowest BCUT2D eigenvalue weighted by molar-refractivity contribution is -0.111. The Labute approximate surface area is 76.0 Å². The number of carbonyl (C=O) groups excluding carboxylic acids is 1. The van der Waals surface area contributed by atoms with Gasteiger partial charge in [-0.2, -0.15) is 0 Å². The van der Waals surface area contributed by atoms with E-state index in [0.717, 1.165) is 11.3 Å². The summed E-state index contributed by atoms with van der Waals surface area (Å²) < 4.78 is 5.44. The monoisotopic (exact) mass is 175 g/mol. The van der Waals surface area contributed by atoms with Gasteiger partial charge in [0.25, 0.3) is 0 Å². The van der Waals surface area contributed by atoms with Gasteiger partial charge in [-0.15, -0.1) is 0 Å². The molecule has 1 N–H and O–H groups in total. The van der Waals surface area contributed by atoms with E-state index >= 15 is 0 Å². The molecule has 3 heteroatoms. The van der Waals surface area contributed by atoms with Gasteiger partial charge in [0, 0.05) is 5.56 Å². The Morgan fingerprint density at radius 3 is 3.08 bits per heavy atom. The van der Waals surface area contributed by atoms with Crippen LogP contribution in [0.15, 0.2) is 30.3 Å². The lowest BCUT2D eigenvalue weighted by Gasteiger charge is -2.20. The maximum absolute atomic E-state index is 10.2. The van der Waals surface area contributed by atoms with Crippen molar-refractivity contribution >= 4 is 12.5 Å². The fourth-order valence-corrected chi connectivity index (χ4v) is 1.25. The number of para-hydroxylation sites is 1. The summed E-state index contributed by atoms with van der Waals surface area (Å²) in [5, 5.41) is 2.54. The summed E-state index contributed by atoms with van der Waals surface area (Å²) in [5.41, 5.74) is 1.03. The molecule has 0 radical (unpaired) electrons. The molecule has 0 fully saturated rings. The highest BCUT2D eigenvalue weighted by atomic mass is 16.5. The molecule has 0 bridgehead atoms. The summed E-state index contributed by atoms with van der Waals surface area (Å²) in [7, 11) is 0. The predicted octanol–water partition coefficient (Wildman–Crippen LogP) is 1.16. The van der Waals surface area contributed by atoms with Crippen molar-refractivity contribution in [1.29, 1.82) is 0 Å². The molecule has 0 saturated carbocycles. The molecular formula is C10H9NO2. The van der Waals surface area contributed by atoms with Crippen molar-refractivity contribution in [1.82, 2.24) is 5.32 Å². The molecular weight excluding hydrogens is 166 g/mol. The van der Waals surface area contributed by atoms with Crippen LogP contribution in [-0.4, -0.2) is 12.6 Å². The molecule has 1 amide bonds. The van der Waals surface area contributed by atoms with Crippen LogP contribution in [0.25, 0.3) is 6.08 Å². The quantitative estimate of drug-likeness (QED) is 0.685. The molecule has 2 rings (SSSR count). The Balaban J connectivity index is 2.23. The van der Waals surface area contributed by atoms with Gasteiger partial charge in [-0.3, -0.25) is 4.79 Å². The van der Waals surface area contributed by atoms with Crippen LogP contribution >= 0.6 is 0 Å². The van der Waals surface area contributed by atoms with E-state index in [2.05, 4.69) is 5.32 Å². The minimum absolute atomic E-state index is 0.340. The molecule has 0 aliphatic carbocycles. The van der Waals surface area contributed by atoms with E-state index in [4.69, 9.17) is 4.74 Å². The number of fused-ring (bicyclic) bond motifs is 1. The Hall–Kier alpha value is -1.77. The summed E-state index contributed by atoms with van der Waals surface area (Å²) >= 11 is 0. The summed E-state index contributed by atoms with van der Waals surface area (Å²) in [6.45, 7) is 0. The standard InChI is InChI=1S/C10H9NO2/c12-7-11-10-6-5-8-3-1-2-4-9(8)13-10/h1-7,10H,(H,11,12). The minimum atomic E-state index is -0.340. The average molecular weight is 175 g/mol. The van der Waals surface area contributed by atoms with Crippen molar-refractivity contribution in [2.45, 2.75) is 6.23 Å². The number of amides is 1. The summed E-state index contributed by atoms with van der Waals surface area (Å²) in [6, 6.07) is 7.68. The molecule has 1 aliphatic rings. The zero-order valence-electron chi connectivity index (χ0n) is 6.94. The zero-order chi connectivity index (χ0) is 9.10. The number of hydrogen-bond donors (Lipinski definition) is 1. The first kappa shape index (κ1) is 7.86. The van der Waals surface area contributed by atoms with E-state index in [1.807, 2.05) is 30.3 Å². The number of hydrogen-bond acceptors (Lipinski definition) is 2. The highest BCUT2D eigenvalue weighted by molar-refractivity contribution is 5.60. The molecule has 1 heterocycles. The third kappa shape index (κ3) is 1.54. The lowest BCUT2D eigenvalue weighted by atomic mass is 10.1. The smallest absolute Gasteiger partial charge is 0.210 e. The average Bonchev–Trinajstić information content (AvgIpc) is 2.18. The SMILES string of the molecule is O=CNC1C=Cc2ccccc2O1. The predicted molar refractivity (Wildman–Crippen MR) is 49.1 cm³/mol. The van der Waals surface area contributed by atoms with Crippen molar-refractivity contribution in [3.05, 3.63) is 35.9 Å². The lowest BCUT2D eigenvalue weighted by Crippen LogP contribution is -2.32. The van der Waals surface area contributed by atoms with Gasteiger partial charge in [0.2, 0.25) is 6.41 Å². The van der Waals surface area contributed by atoms with Crippen molar-refractivity contribution < 1.29 is 9.53 Å². The highest BCUT2D eigenvalue weighted by Gasteiger charge is 2.11. The summed E-state index contributed by atoms with van der Waals surface area (Å²) in [5.74, 6) is 0.796. The van der Waals surface area contributed by atoms with Crippen LogP contribution in [-0.2, 0) is 4.79 Å². The fraction of sp³-hybridized carbons (Fsp3) is 0.100. The highest BCUT2D eigenvalue weighted by Crippen LogP contribution is 2.24. The number of carbonyl (C=O) groups is 1.